The van der Waals surface area contributed by atoms with Crippen molar-refractivity contribution < 1.29 is 24.2 Å². The Labute approximate surface area is 227 Å². The van der Waals surface area contributed by atoms with Gasteiger partial charge in [-0.1, -0.05) is 42.5 Å². The molecule has 0 aliphatic rings. The smallest absolute Gasteiger partial charge is 0.277 e. The highest BCUT2D eigenvalue weighted by Gasteiger charge is 2.25. The fourth-order valence-corrected chi connectivity index (χ4v) is 4.41. The molecular weight excluding hydrogens is 526 g/mol. The van der Waals surface area contributed by atoms with Crippen molar-refractivity contribution >= 4 is 41.2 Å². The van der Waals surface area contributed by atoms with Crippen LogP contribution in [-0.2, 0) is 10.5 Å². The first-order valence-corrected chi connectivity index (χ1v) is 12.7. The lowest BCUT2D eigenvalue weighted by molar-refractivity contribution is -0.394. The van der Waals surface area contributed by atoms with Crippen LogP contribution in [0.3, 0.4) is 0 Å². The quantitative estimate of drug-likeness (QED) is 0.194. The minimum Gasteiger partial charge on any atom is -0.496 e. The Morgan fingerprint density at radius 1 is 1.03 bits per heavy atom. The lowest BCUT2D eigenvalue weighted by atomic mass is 10.1. The summed E-state index contributed by atoms with van der Waals surface area (Å²) in [5, 5.41) is 28.9. The standard InChI is InChI=1S/C26H25N5O7S/c1-17-8-9-19(10-24(17)38-2)14-27-29-26(33)23(16-39-15-18-6-4-3-5-7-18)28-25(32)20-11-21(30(34)35)13-22(12-20)31(36)37/h3-14,23H,15-16H2,1-2H3,(H,28,32)(H,29,33)/b27-14-/t23-/m1/s1. The van der Waals surface area contributed by atoms with Crippen LogP contribution in [0.2, 0.25) is 0 Å². The Balaban J connectivity index is 1.77. The van der Waals surface area contributed by atoms with Crippen LogP contribution in [0.25, 0.3) is 0 Å². The maximum atomic E-state index is 13.0. The van der Waals surface area contributed by atoms with Gasteiger partial charge in [0.05, 0.1) is 34.8 Å². The van der Waals surface area contributed by atoms with E-state index in [0.717, 1.165) is 29.3 Å². The number of amides is 2. The van der Waals surface area contributed by atoms with E-state index in [1.807, 2.05) is 43.3 Å². The van der Waals surface area contributed by atoms with Gasteiger partial charge in [0.1, 0.15) is 11.8 Å². The van der Waals surface area contributed by atoms with Gasteiger partial charge in [-0.25, -0.2) is 5.43 Å². The van der Waals surface area contributed by atoms with Gasteiger partial charge in [-0.3, -0.25) is 29.8 Å². The highest BCUT2D eigenvalue weighted by atomic mass is 32.2. The maximum absolute atomic E-state index is 13.0. The van der Waals surface area contributed by atoms with E-state index in [-0.39, 0.29) is 11.3 Å². The molecule has 0 aliphatic heterocycles. The summed E-state index contributed by atoms with van der Waals surface area (Å²) in [5.74, 6) is -0.181. The number of hydrogen-bond donors (Lipinski definition) is 2. The fourth-order valence-electron chi connectivity index (χ4n) is 3.40. The minimum absolute atomic E-state index is 0.136. The molecule has 13 heteroatoms. The molecule has 0 fully saturated rings. The number of nitrogens with one attached hydrogen (secondary N) is 2. The molecule has 1 atom stereocenters. The van der Waals surface area contributed by atoms with Gasteiger partial charge >= 0.3 is 0 Å². The third-order valence-corrected chi connectivity index (χ3v) is 6.53. The number of non-ortho nitro benzene ring substituents is 2. The van der Waals surface area contributed by atoms with Crippen LogP contribution in [0.1, 0.15) is 27.0 Å². The zero-order chi connectivity index (χ0) is 28.4. The lowest BCUT2D eigenvalue weighted by Gasteiger charge is -2.17. The average molecular weight is 552 g/mol. The summed E-state index contributed by atoms with van der Waals surface area (Å²) in [7, 11) is 1.54. The second kappa shape index (κ2) is 13.7. The Morgan fingerprint density at radius 3 is 2.31 bits per heavy atom. The van der Waals surface area contributed by atoms with Crippen molar-refractivity contribution in [2.24, 2.45) is 5.10 Å². The second-order valence-corrected chi connectivity index (χ2v) is 9.27. The number of nitro benzene ring substituents is 2. The van der Waals surface area contributed by atoms with Gasteiger partial charge in [0.15, 0.2) is 0 Å². The van der Waals surface area contributed by atoms with Gasteiger partial charge in [-0.05, 0) is 29.7 Å². The summed E-state index contributed by atoms with van der Waals surface area (Å²) in [6.45, 7) is 1.89. The summed E-state index contributed by atoms with van der Waals surface area (Å²) < 4.78 is 5.28. The highest BCUT2D eigenvalue weighted by Crippen LogP contribution is 2.23. The van der Waals surface area contributed by atoms with Crippen molar-refractivity contribution in [3.63, 3.8) is 0 Å². The van der Waals surface area contributed by atoms with Crippen molar-refractivity contribution in [3.8, 4) is 5.75 Å². The Bertz CT molecular complexity index is 1370. The molecule has 0 saturated heterocycles. The van der Waals surface area contributed by atoms with Gasteiger partial charge in [-0.2, -0.15) is 16.9 Å². The number of carbonyl (C=O) groups excluding carboxylic acids is 2. The number of methoxy groups -OCH3 is 1. The van der Waals surface area contributed by atoms with E-state index in [1.54, 1.807) is 19.2 Å². The molecule has 0 aliphatic carbocycles. The molecule has 0 bridgehead atoms. The van der Waals surface area contributed by atoms with E-state index >= 15 is 0 Å². The monoisotopic (exact) mass is 551 g/mol. The molecule has 3 aromatic rings. The Morgan fingerprint density at radius 2 is 1.69 bits per heavy atom. The summed E-state index contributed by atoms with van der Waals surface area (Å²) in [5.41, 5.74) is 3.44. The molecule has 0 heterocycles. The van der Waals surface area contributed by atoms with Crippen molar-refractivity contribution in [3.05, 3.63) is 109 Å². The van der Waals surface area contributed by atoms with Crippen LogP contribution < -0.4 is 15.5 Å². The number of hydrogen-bond acceptors (Lipinski definition) is 9. The molecular formula is C26H25N5O7S. The predicted octanol–water partition coefficient (Wildman–Crippen LogP) is 4.00. The lowest BCUT2D eigenvalue weighted by Crippen LogP contribution is -2.47. The van der Waals surface area contributed by atoms with Crippen molar-refractivity contribution in [1.82, 2.24) is 10.7 Å². The van der Waals surface area contributed by atoms with Gasteiger partial charge in [-0.15, -0.1) is 0 Å². The zero-order valence-electron chi connectivity index (χ0n) is 21.0. The number of carbonyl (C=O) groups is 2. The summed E-state index contributed by atoms with van der Waals surface area (Å²) in [4.78, 5) is 46.7. The molecule has 12 nitrogen and oxygen atoms in total. The maximum Gasteiger partial charge on any atom is 0.277 e. The predicted molar refractivity (Wildman–Crippen MR) is 147 cm³/mol. The van der Waals surface area contributed by atoms with E-state index in [1.165, 1.54) is 18.0 Å². The number of nitrogens with zero attached hydrogens (tertiary/aromatic N) is 3. The fraction of sp³-hybridized carbons (Fsp3) is 0.192. The van der Waals surface area contributed by atoms with E-state index in [0.29, 0.717) is 17.1 Å². The van der Waals surface area contributed by atoms with Crippen LogP contribution in [0, 0.1) is 27.2 Å². The first-order chi connectivity index (χ1) is 18.7. The number of benzene rings is 3. The first-order valence-electron chi connectivity index (χ1n) is 11.5. The molecule has 3 rings (SSSR count). The third kappa shape index (κ3) is 8.36. The molecule has 0 radical (unpaired) electrons. The molecule has 3 aromatic carbocycles. The highest BCUT2D eigenvalue weighted by molar-refractivity contribution is 7.98. The molecule has 202 valence electrons. The van der Waals surface area contributed by atoms with Crippen LogP contribution in [-0.4, -0.2) is 46.8 Å². The first kappa shape index (κ1) is 28.8. The molecule has 0 aromatic heterocycles. The van der Waals surface area contributed by atoms with Crippen molar-refractivity contribution in [1.29, 1.82) is 0 Å². The normalized spacial score (nSPS) is 11.5. The average Bonchev–Trinajstić information content (AvgIpc) is 2.93. The Hall–Kier alpha value is -4.78. The van der Waals surface area contributed by atoms with Crippen molar-refractivity contribution in [2.75, 3.05) is 12.9 Å². The van der Waals surface area contributed by atoms with Crippen LogP contribution >= 0.6 is 11.8 Å². The largest absolute Gasteiger partial charge is 0.496 e. The van der Waals surface area contributed by atoms with Crippen molar-refractivity contribution in [2.45, 2.75) is 18.7 Å². The summed E-state index contributed by atoms with van der Waals surface area (Å²) >= 11 is 1.37. The van der Waals surface area contributed by atoms with Gasteiger partial charge in [0, 0.05) is 23.6 Å². The number of aryl methyl sites for hydroxylation is 1. The molecule has 0 saturated carbocycles. The third-order valence-electron chi connectivity index (χ3n) is 5.42. The number of hydrazone groups is 1. The second-order valence-electron chi connectivity index (χ2n) is 8.24. The summed E-state index contributed by atoms with van der Waals surface area (Å²) in [6, 6.07) is 16.3. The number of rotatable bonds is 12. The van der Waals surface area contributed by atoms with E-state index in [9.17, 15) is 29.8 Å². The SMILES string of the molecule is COc1cc(/C=N\NC(=O)[C@@H](CSCc2ccccc2)NC(=O)c2cc([N+](=O)[O-])cc([N+](=O)[O-])c2)ccc1C. The zero-order valence-corrected chi connectivity index (χ0v) is 21.8. The minimum atomic E-state index is -1.10. The molecule has 0 unspecified atom stereocenters. The molecule has 39 heavy (non-hydrogen) atoms. The number of ether oxygens (including phenoxy) is 1. The van der Waals surface area contributed by atoms with Gasteiger partial charge in [0.25, 0.3) is 23.2 Å². The molecule has 0 spiro atoms. The Kier molecular flexibility index (Phi) is 10.1. The van der Waals surface area contributed by atoms with Gasteiger partial charge < -0.3 is 10.1 Å². The van der Waals surface area contributed by atoms with Crippen LogP contribution in [0.15, 0.2) is 71.8 Å². The van der Waals surface area contributed by atoms with E-state index in [4.69, 9.17) is 4.74 Å². The molecule has 2 amide bonds. The topological polar surface area (TPSA) is 166 Å². The summed E-state index contributed by atoms with van der Waals surface area (Å²) in [6.07, 6.45) is 1.42. The number of thioether (sulfide) groups is 1. The number of nitro groups is 2. The molecule has 2 N–H and O–H groups in total. The van der Waals surface area contributed by atoms with Crippen LogP contribution in [0.5, 0.6) is 5.75 Å². The van der Waals surface area contributed by atoms with E-state index in [2.05, 4.69) is 15.8 Å². The van der Waals surface area contributed by atoms with Gasteiger partial charge in [0.2, 0.25) is 0 Å². The van der Waals surface area contributed by atoms with E-state index < -0.39 is 39.1 Å². The van der Waals surface area contributed by atoms with Crippen LogP contribution in [0.4, 0.5) is 11.4 Å².